The van der Waals surface area contributed by atoms with Crippen LogP contribution in [0.5, 0.6) is 0 Å². The van der Waals surface area contributed by atoms with Gasteiger partial charge in [-0.15, -0.1) is 0 Å². The van der Waals surface area contributed by atoms with E-state index in [9.17, 15) is 5.26 Å². The molecule has 0 saturated heterocycles. The maximum atomic E-state index is 9.50. The molecule has 0 radical (unpaired) electrons. The first kappa shape index (κ1) is 19.0. The lowest BCUT2D eigenvalue weighted by Crippen LogP contribution is -2.09. The summed E-state index contributed by atoms with van der Waals surface area (Å²) in [5.74, 6) is 0. The smallest absolute Gasteiger partial charge is 0.142 e. The molecule has 0 fully saturated rings. The van der Waals surface area contributed by atoms with Gasteiger partial charge in [0.15, 0.2) is 0 Å². The number of hydrogen-bond donors (Lipinski definition) is 0. The van der Waals surface area contributed by atoms with Gasteiger partial charge >= 0.3 is 0 Å². The normalized spacial score (nSPS) is 11.1. The number of nitrogens with zero attached hydrogens (tertiary/aromatic N) is 4. The standard InChI is InChI=1S/C24H17IN4/c25-20-17-27-28(18-20)24(16-26)15-19-11-13-23(14-12-19)29(21-7-3-1-4-8-21)22-9-5-2-6-10-22/h1-15,17-18H/b24-15+. The van der Waals surface area contributed by atoms with Crippen molar-refractivity contribution in [3.05, 3.63) is 106 Å². The SMILES string of the molecule is N#C/C(=C\c1ccc(N(c2ccccc2)c2ccccc2)cc1)n1cc(I)cn1. The van der Waals surface area contributed by atoms with Crippen LogP contribution in [-0.4, -0.2) is 9.78 Å². The number of para-hydroxylation sites is 2. The highest BCUT2D eigenvalue weighted by Gasteiger charge is 2.11. The van der Waals surface area contributed by atoms with Crippen molar-refractivity contribution in [2.24, 2.45) is 0 Å². The van der Waals surface area contributed by atoms with E-state index in [-0.39, 0.29) is 0 Å². The minimum Gasteiger partial charge on any atom is -0.311 e. The molecule has 0 saturated carbocycles. The number of nitriles is 1. The Labute approximate surface area is 183 Å². The van der Waals surface area contributed by atoms with Gasteiger partial charge in [-0.25, -0.2) is 4.68 Å². The summed E-state index contributed by atoms with van der Waals surface area (Å²) in [5.41, 5.74) is 4.64. The average Bonchev–Trinajstić information content (AvgIpc) is 3.21. The van der Waals surface area contributed by atoms with E-state index in [4.69, 9.17) is 0 Å². The lowest BCUT2D eigenvalue weighted by atomic mass is 10.1. The monoisotopic (exact) mass is 488 g/mol. The topological polar surface area (TPSA) is 44.9 Å². The van der Waals surface area contributed by atoms with Crippen LogP contribution in [0, 0.1) is 14.9 Å². The minimum absolute atomic E-state index is 0.476. The van der Waals surface area contributed by atoms with Gasteiger partial charge in [0, 0.05) is 23.3 Å². The van der Waals surface area contributed by atoms with Gasteiger partial charge in [-0.1, -0.05) is 48.5 Å². The summed E-state index contributed by atoms with van der Waals surface area (Å²) in [7, 11) is 0. The van der Waals surface area contributed by atoms with Crippen molar-refractivity contribution >= 4 is 51.4 Å². The Morgan fingerprint density at radius 1 is 0.862 bits per heavy atom. The van der Waals surface area contributed by atoms with Crippen LogP contribution in [-0.2, 0) is 0 Å². The largest absolute Gasteiger partial charge is 0.311 e. The molecule has 1 aromatic heterocycles. The second-order valence-electron chi connectivity index (χ2n) is 6.34. The first-order valence-electron chi connectivity index (χ1n) is 9.07. The number of anilines is 3. The molecule has 29 heavy (non-hydrogen) atoms. The molecule has 0 N–H and O–H groups in total. The third-order valence-electron chi connectivity index (χ3n) is 4.40. The summed E-state index contributed by atoms with van der Waals surface area (Å²) in [6, 6.07) is 30.9. The first-order chi connectivity index (χ1) is 14.2. The molecule has 5 heteroatoms. The fraction of sp³-hybridized carbons (Fsp3) is 0. The Balaban J connectivity index is 1.70. The maximum Gasteiger partial charge on any atom is 0.142 e. The van der Waals surface area contributed by atoms with E-state index in [1.165, 1.54) is 0 Å². The predicted octanol–water partition coefficient (Wildman–Crippen LogP) is 6.48. The molecule has 4 rings (SSSR count). The Morgan fingerprint density at radius 2 is 1.41 bits per heavy atom. The van der Waals surface area contributed by atoms with Crippen molar-refractivity contribution in [1.82, 2.24) is 9.78 Å². The summed E-state index contributed by atoms with van der Waals surface area (Å²) in [4.78, 5) is 2.20. The molecule has 0 aliphatic heterocycles. The molecular weight excluding hydrogens is 471 g/mol. The fourth-order valence-corrected chi connectivity index (χ4v) is 3.45. The highest BCUT2D eigenvalue weighted by molar-refractivity contribution is 14.1. The van der Waals surface area contributed by atoms with Gasteiger partial charge in [-0.2, -0.15) is 10.4 Å². The van der Waals surface area contributed by atoms with Gasteiger partial charge in [0.1, 0.15) is 11.8 Å². The Morgan fingerprint density at radius 3 is 1.90 bits per heavy atom. The van der Waals surface area contributed by atoms with E-state index in [1.807, 2.05) is 60.8 Å². The van der Waals surface area contributed by atoms with Crippen molar-refractivity contribution in [1.29, 1.82) is 5.26 Å². The molecule has 0 bridgehead atoms. The summed E-state index contributed by atoms with van der Waals surface area (Å²) >= 11 is 2.18. The van der Waals surface area contributed by atoms with E-state index < -0.39 is 0 Å². The highest BCUT2D eigenvalue weighted by Crippen LogP contribution is 2.34. The number of rotatable bonds is 5. The predicted molar refractivity (Wildman–Crippen MR) is 126 cm³/mol. The van der Waals surface area contributed by atoms with Crippen LogP contribution in [0.1, 0.15) is 5.56 Å². The van der Waals surface area contributed by atoms with E-state index in [2.05, 4.69) is 75.1 Å². The molecule has 0 atom stereocenters. The van der Waals surface area contributed by atoms with Crippen LogP contribution in [0.15, 0.2) is 97.3 Å². The average molecular weight is 488 g/mol. The summed E-state index contributed by atoms with van der Waals surface area (Å²) in [6.45, 7) is 0. The molecule has 0 unspecified atom stereocenters. The zero-order valence-electron chi connectivity index (χ0n) is 15.5. The number of hydrogen-bond acceptors (Lipinski definition) is 3. The van der Waals surface area contributed by atoms with Crippen LogP contribution >= 0.6 is 22.6 Å². The number of halogens is 1. The van der Waals surface area contributed by atoms with Gasteiger partial charge in [-0.05, 0) is 70.6 Å². The Kier molecular flexibility index (Phi) is 5.73. The van der Waals surface area contributed by atoms with Crippen molar-refractivity contribution < 1.29 is 0 Å². The zero-order chi connectivity index (χ0) is 20.1. The second-order valence-corrected chi connectivity index (χ2v) is 7.59. The quantitative estimate of drug-likeness (QED) is 0.239. The molecule has 140 valence electrons. The second kappa shape index (κ2) is 8.76. The van der Waals surface area contributed by atoms with E-state index in [1.54, 1.807) is 10.9 Å². The van der Waals surface area contributed by atoms with Crippen LogP contribution in [0.3, 0.4) is 0 Å². The Hall–Kier alpha value is -3.37. The third-order valence-corrected chi connectivity index (χ3v) is 4.95. The first-order valence-corrected chi connectivity index (χ1v) is 10.1. The summed E-state index contributed by atoms with van der Waals surface area (Å²) < 4.78 is 2.58. The van der Waals surface area contributed by atoms with Crippen LogP contribution in [0.4, 0.5) is 17.1 Å². The van der Waals surface area contributed by atoms with Crippen LogP contribution in [0.2, 0.25) is 0 Å². The molecule has 4 nitrogen and oxygen atoms in total. The molecule has 0 aliphatic rings. The van der Waals surface area contributed by atoms with Crippen molar-refractivity contribution in [2.45, 2.75) is 0 Å². The van der Waals surface area contributed by atoms with Gasteiger partial charge in [0.25, 0.3) is 0 Å². The number of allylic oxidation sites excluding steroid dienone is 1. The van der Waals surface area contributed by atoms with Crippen LogP contribution in [0.25, 0.3) is 11.8 Å². The maximum absolute atomic E-state index is 9.50. The molecule has 0 amide bonds. The van der Waals surface area contributed by atoms with E-state index in [0.29, 0.717) is 5.70 Å². The molecule has 3 aromatic carbocycles. The van der Waals surface area contributed by atoms with E-state index >= 15 is 0 Å². The summed E-state index contributed by atoms with van der Waals surface area (Å²) in [5, 5.41) is 13.7. The molecule has 4 aromatic rings. The minimum atomic E-state index is 0.476. The highest BCUT2D eigenvalue weighted by atomic mass is 127. The third kappa shape index (κ3) is 4.39. The molecular formula is C24H17IN4. The van der Waals surface area contributed by atoms with Gasteiger partial charge in [-0.3, -0.25) is 0 Å². The lowest BCUT2D eigenvalue weighted by Gasteiger charge is -2.25. The number of benzene rings is 3. The van der Waals surface area contributed by atoms with Crippen molar-refractivity contribution in [2.75, 3.05) is 4.90 Å². The van der Waals surface area contributed by atoms with Gasteiger partial charge < -0.3 is 4.90 Å². The van der Waals surface area contributed by atoms with Crippen molar-refractivity contribution in [3.8, 4) is 6.07 Å². The Bertz CT molecular complexity index is 1120. The molecule has 0 aliphatic carbocycles. The lowest BCUT2D eigenvalue weighted by molar-refractivity contribution is 0.916. The molecule has 0 spiro atoms. The fourth-order valence-electron chi connectivity index (χ4n) is 3.06. The summed E-state index contributed by atoms with van der Waals surface area (Å²) in [6.07, 6.45) is 5.39. The van der Waals surface area contributed by atoms with Gasteiger partial charge in [0.2, 0.25) is 0 Å². The van der Waals surface area contributed by atoms with Crippen LogP contribution < -0.4 is 4.90 Å². The molecule has 1 heterocycles. The number of aromatic nitrogens is 2. The van der Waals surface area contributed by atoms with Gasteiger partial charge in [0.05, 0.1) is 9.77 Å². The van der Waals surface area contributed by atoms with Crippen molar-refractivity contribution in [3.63, 3.8) is 0 Å². The van der Waals surface area contributed by atoms with E-state index in [0.717, 1.165) is 26.2 Å². The zero-order valence-corrected chi connectivity index (χ0v) is 17.6.